The van der Waals surface area contributed by atoms with Gasteiger partial charge in [-0.25, -0.2) is 9.59 Å². The molecule has 1 aromatic carbocycles. The van der Waals surface area contributed by atoms with Crippen molar-refractivity contribution in [1.82, 2.24) is 4.90 Å². The summed E-state index contributed by atoms with van der Waals surface area (Å²) >= 11 is 0. The highest BCUT2D eigenvalue weighted by atomic mass is 16.5. The number of esters is 1. The number of carbonyl (C=O) groups is 2. The Morgan fingerprint density at radius 2 is 1.90 bits per heavy atom. The Morgan fingerprint density at radius 3 is 2.55 bits per heavy atom. The first-order valence-corrected chi connectivity index (χ1v) is 6.85. The molecule has 0 unspecified atom stereocenters. The fraction of sp³-hybridized carbons (Fsp3) is 0.467. The third kappa shape index (κ3) is 3.29. The maximum Gasteiger partial charge on any atom is 0.339 e. The number of ether oxygens (including phenoxy) is 1. The van der Waals surface area contributed by atoms with Gasteiger partial charge in [-0.05, 0) is 30.9 Å². The van der Waals surface area contributed by atoms with Crippen molar-refractivity contribution in [2.24, 2.45) is 5.92 Å². The summed E-state index contributed by atoms with van der Waals surface area (Å²) in [6, 6.07) is 6.70. The second kappa shape index (κ2) is 6.41. The number of nitrogens with zero attached hydrogens (tertiary/aromatic N) is 1. The number of rotatable bonds is 2. The lowest BCUT2D eigenvalue weighted by Crippen LogP contribution is -2.40. The van der Waals surface area contributed by atoms with Crippen LogP contribution < -0.4 is 5.32 Å². The topological polar surface area (TPSA) is 58.6 Å². The number of anilines is 1. The molecule has 1 N–H and O–H groups in total. The molecule has 0 radical (unpaired) electrons. The average Bonchev–Trinajstić information content (AvgIpc) is 2.47. The molecule has 0 bridgehead atoms. The molecule has 0 aliphatic carbocycles. The van der Waals surface area contributed by atoms with Crippen LogP contribution in [0.25, 0.3) is 0 Å². The van der Waals surface area contributed by atoms with Gasteiger partial charge in [-0.2, -0.15) is 0 Å². The maximum atomic E-state index is 12.2. The molecule has 0 atom stereocenters. The third-order valence-corrected chi connectivity index (χ3v) is 3.64. The quantitative estimate of drug-likeness (QED) is 0.845. The van der Waals surface area contributed by atoms with Crippen LogP contribution in [0.5, 0.6) is 0 Å². The van der Waals surface area contributed by atoms with E-state index in [1.165, 1.54) is 7.11 Å². The van der Waals surface area contributed by atoms with Crippen molar-refractivity contribution in [2.75, 3.05) is 25.5 Å². The van der Waals surface area contributed by atoms with Crippen LogP contribution in [0.4, 0.5) is 10.5 Å². The molecule has 5 heteroatoms. The second-order valence-corrected chi connectivity index (χ2v) is 5.14. The zero-order valence-electron chi connectivity index (χ0n) is 11.9. The molecule has 1 aromatic rings. The van der Waals surface area contributed by atoms with Crippen LogP contribution in [0.15, 0.2) is 24.3 Å². The molecular weight excluding hydrogens is 256 g/mol. The molecule has 5 nitrogen and oxygen atoms in total. The van der Waals surface area contributed by atoms with Crippen LogP contribution >= 0.6 is 0 Å². The van der Waals surface area contributed by atoms with Gasteiger partial charge in [0.2, 0.25) is 0 Å². The van der Waals surface area contributed by atoms with E-state index in [-0.39, 0.29) is 6.03 Å². The fourth-order valence-corrected chi connectivity index (χ4v) is 2.29. The van der Waals surface area contributed by atoms with Gasteiger partial charge in [-0.3, -0.25) is 0 Å². The van der Waals surface area contributed by atoms with Gasteiger partial charge in [0.15, 0.2) is 0 Å². The van der Waals surface area contributed by atoms with Crippen molar-refractivity contribution in [3.8, 4) is 0 Å². The van der Waals surface area contributed by atoms with Gasteiger partial charge >= 0.3 is 12.0 Å². The Balaban J connectivity index is 2.06. The van der Waals surface area contributed by atoms with Gasteiger partial charge < -0.3 is 15.0 Å². The molecule has 1 aliphatic rings. The lowest BCUT2D eigenvalue weighted by atomic mass is 10.00. The number of hydrogen-bond donors (Lipinski definition) is 1. The van der Waals surface area contributed by atoms with Crippen LogP contribution in [0.1, 0.15) is 30.1 Å². The smallest absolute Gasteiger partial charge is 0.339 e. The first-order valence-electron chi connectivity index (χ1n) is 6.85. The summed E-state index contributed by atoms with van der Waals surface area (Å²) in [7, 11) is 1.33. The molecule has 0 saturated carbocycles. The number of amides is 2. The number of hydrogen-bond acceptors (Lipinski definition) is 3. The molecule has 1 saturated heterocycles. The monoisotopic (exact) mass is 276 g/mol. The van der Waals surface area contributed by atoms with E-state index in [1.807, 2.05) is 0 Å². The molecule has 2 rings (SSSR count). The van der Waals surface area contributed by atoms with Gasteiger partial charge in [-0.15, -0.1) is 0 Å². The number of benzene rings is 1. The highest BCUT2D eigenvalue weighted by molar-refractivity contribution is 6.00. The standard InChI is InChI=1S/C15H20N2O3/c1-11-7-9-17(10-8-11)15(19)16-13-6-4-3-5-12(13)14(18)20-2/h3-6,11H,7-10H2,1-2H3,(H,16,19). The number of carbonyl (C=O) groups excluding carboxylic acids is 2. The zero-order valence-corrected chi connectivity index (χ0v) is 11.9. The van der Waals surface area contributed by atoms with E-state index < -0.39 is 5.97 Å². The maximum absolute atomic E-state index is 12.2. The summed E-state index contributed by atoms with van der Waals surface area (Å²) in [6.45, 7) is 3.71. The van der Waals surface area contributed by atoms with Crippen LogP contribution in [-0.2, 0) is 4.74 Å². The van der Waals surface area contributed by atoms with E-state index in [9.17, 15) is 9.59 Å². The van der Waals surface area contributed by atoms with Gasteiger partial charge in [-0.1, -0.05) is 19.1 Å². The molecule has 0 aromatic heterocycles. The minimum absolute atomic E-state index is 0.159. The summed E-state index contributed by atoms with van der Waals surface area (Å²) in [5.74, 6) is 0.217. The van der Waals surface area contributed by atoms with Crippen LogP contribution in [-0.4, -0.2) is 37.1 Å². The minimum Gasteiger partial charge on any atom is -0.465 e. The normalized spacial score (nSPS) is 15.8. The average molecular weight is 276 g/mol. The van der Waals surface area contributed by atoms with E-state index in [2.05, 4.69) is 12.2 Å². The van der Waals surface area contributed by atoms with Crippen molar-refractivity contribution >= 4 is 17.7 Å². The first kappa shape index (κ1) is 14.4. The van der Waals surface area contributed by atoms with E-state index in [4.69, 9.17) is 4.74 Å². The van der Waals surface area contributed by atoms with Gasteiger partial charge in [0.05, 0.1) is 18.4 Å². The zero-order chi connectivity index (χ0) is 14.5. The number of nitrogens with one attached hydrogen (secondary N) is 1. The molecule has 0 spiro atoms. The Hall–Kier alpha value is -2.04. The molecule has 2 amide bonds. The van der Waals surface area contributed by atoms with Gasteiger partial charge in [0.25, 0.3) is 0 Å². The minimum atomic E-state index is -0.451. The highest BCUT2D eigenvalue weighted by Crippen LogP contribution is 2.19. The van der Waals surface area contributed by atoms with E-state index in [0.717, 1.165) is 25.9 Å². The summed E-state index contributed by atoms with van der Waals surface area (Å²) in [5, 5.41) is 2.80. The number of methoxy groups -OCH3 is 1. The first-order chi connectivity index (χ1) is 9.61. The summed E-state index contributed by atoms with van der Waals surface area (Å²) in [6.07, 6.45) is 2.04. The van der Waals surface area contributed by atoms with E-state index >= 15 is 0 Å². The molecular formula is C15H20N2O3. The molecule has 1 aliphatic heterocycles. The van der Waals surface area contributed by atoms with Crippen LogP contribution in [0.2, 0.25) is 0 Å². The molecule has 1 fully saturated rings. The number of likely N-dealkylation sites (tertiary alicyclic amines) is 1. The number of para-hydroxylation sites is 1. The Bertz CT molecular complexity index is 494. The Labute approximate surface area is 118 Å². The second-order valence-electron chi connectivity index (χ2n) is 5.14. The summed E-state index contributed by atoms with van der Waals surface area (Å²) < 4.78 is 4.71. The van der Waals surface area contributed by atoms with Gasteiger partial charge in [0, 0.05) is 13.1 Å². The largest absolute Gasteiger partial charge is 0.465 e. The SMILES string of the molecule is COC(=O)c1ccccc1NC(=O)N1CCC(C)CC1. The van der Waals surface area contributed by atoms with Crippen molar-refractivity contribution in [1.29, 1.82) is 0 Å². The van der Waals surface area contributed by atoms with Crippen LogP contribution in [0.3, 0.4) is 0 Å². The summed E-state index contributed by atoms with van der Waals surface area (Å²) in [5.41, 5.74) is 0.858. The number of urea groups is 1. The third-order valence-electron chi connectivity index (χ3n) is 3.64. The van der Waals surface area contributed by atoms with Crippen molar-refractivity contribution < 1.29 is 14.3 Å². The molecule has 108 valence electrons. The Kier molecular flexibility index (Phi) is 4.61. The predicted molar refractivity (Wildman–Crippen MR) is 76.8 cm³/mol. The number of piperidine rings is 1. The molecule has 1 heterocycles. The van der Waals surface area contributed by atoms with Crippen molar-refractivity contribution in [2.45, 2.75) is 19.8 Å². The lowest BCUT2D eigenvalue weighted by Gasteiger charge is -2.30. The fourth-order valence-electron chi connectivity index (χ4n) is 2.29. The van der Waals surface area contributed by atoms with Crippen molar-refractivity contribution in [3.63, 3.8) is 0 Å². The molecule has 20 heavy (non-hydrogen) atoms. The highest BCUT2D eigenvalue weighted by Gasteiger charge is 2.21. The lowest BCUT2D eigenvalue weighted by molar-refractivity contribution is 0.0602. The van der Waals surface area contributed by atoms with Crippen LogP contribution in [0, 0.1) is 5.92 Å². The van der Waals surface area contributed by atoms with E-state index in [1.54, 1.807) is 29.2 Å². The summed E-state index contributed by atoms with van der Waals surface area (Å²) in [4.78, 5) is 25.6. The van der Waals surface area contributed by atoms with E-state index in [0.29, 0.717) is 17.2 Å². The predicted octanol–water partition coefficient (Wildman–Crippen LogP) is 2.74. The van der Waals surface area contributed by atoms with Crippen molar-refractivity contribution in [3.05, 3.63) is 29.8 Å². The Morgan fingerprint density at radius 1 is 1.25 bits per heavy atom. The van der Waals surface area contributed by atoms with Gasteiger partial charge in [0.1, 0.15) is 0 Å².